The van der Waals surface area contributed by atoms with E-state index in [0.717, 1.165) is 24.2 Å². The number of benzene rings is 1. The van der Waals surface area contributed by atoms with Crippen molar-refractivity contribution in [2.45, 2.75) is 6.42 Å². The Kier molecular flexibility index (Phi) is 7.74. The van der Waals surface area contributed by atoms with E-state index in [1.165, 1.54) is 0 Å². The molecule has 0 aliphatic carbocycles. The van der Waals surface area contributed by atoms with Gasteiger partial charge in [-0.25, -0.2) is 0 Å². The SMILES string of the molecule is COCCOCCCNc1cc(Cl)ccc1C(N)=S. The monoisotopic (exact) mass is 302 g/mol. The van der Waals surface area contributed by atoms with Crippen LogP contribution in [0.4, 0.5) is 5.69 Å². The van der Waals surface area contributed by atoms with Crippen molar-refractivity contribution >= 4 is 34.5 Å². The molecule has 0 unspecified atom stereocenters. The molecule has 4 nitrogen and oxygen atoms in total. The van der Waals surface area contributed by atoms with Gasteiger partial charge in [-0.1, -0.05) is 23.8 Å². The van der Waals surface area contributed by atoms with Crippen molar-refractivity contribution in [2.24, 2.45) is 5.73 Å². The molecule has 1 rings (SSSR count). The van der Waals surface area contributed by atoms with Gasteiger partial charge in [0.25, 0.3) is 0 Å². The summed E-state index contributed by atoms with van der Waals surface area (Å²) < 4.78 is 10.3. The molecular formula is C13H19ClN2O2S. The van der Waals surface area contributed by atoms with Gasteiger partial charge in [-0.3, -0.25) is 0 Å². The highest BCUT2D eigenvalue weighted by molar-refractivity contribution is 7.80. The number of halogens is 1. The van der Waals surface area contributed by atoms with Crippen LogP contribution in [-0.4, -0.2) is 38.5 Å². The molecule has 0 saturated heterocycles. The van der Waals surface area contributed by atoms with E-state index in [9.17, 15) is 0 Å². The van der Waals surface area contributed by atoms with Gasteiger partial charge in [-0.05, 0) is 24.6 Å². The van der Waals surface area contributed by atoms with Crippen molar-refractivity contribution in [2.75, 3.05) is 38.8 Å². The molecule has 106 valence electrons. The molecule has 3 N–H and O–H groups in total. The molecule has 0 heterocycles. The maximum absolute atomic E-state index is 5.96. The van der Waals surface area contributed by atoms with E-state index in [4.69, 9.17) is 39.0 Å². The molecule has 0 spiro atoms. The Hall–Kier alpha value is -0.880. The third-order valence-corrected chi connectivity index (χ3v) is 2.91. The second-order valence-corrected chi connectivity index (χ2v) is 4.82. The average molecular weight is 303 g/mol. The average Bonchev–Trinajstić information content (AvgIpc) is 2.37. The minimum atomic E-state index is 0.357. The van der Waals surface area contributed by atoms with E-state index in [0.29, 0.717) is 29.8 Å². The van der Waals surface area contributed by atoms with Gasteiger partial charge in [0.15, 0.2) is 0 Å². The molecule has 1 aromatic rings. The maximum Gasteiger partial charge on any atom is 0.106 e. The first-order chi connectivity index (χ1) is 9.15. The summed E-state index contributed by atoms with van der Waals surface area (Å²) in [5.74, 6) is 0. The van der Waals surface area contributed by atoms with Crippen molar-refractivity contribution < 1.29 is 9.47 Å². The molecule has 0 aliphatic heterocycles. The van der Waals surface area contributed by atoms with Crippen LogP contribution in [0.15, 0.2) is 18.2 Å². The van der Waals surface area contributed by atoms with Crippen LogP contribution in [0, 0.1) is 0 Å². The summed E-state index contributed by atoms with van der Waals surface area (Å²) in [5, 5.41) is 3.91. The Labute approximate surface area is 124 Å². The summed E-state index contributed by atoms with van der Waals surface area (Å²) in [7, 11) is 1.65. The fraction of sp³-hybridized carbons (Fsp3) is 0.462. The van der Waals surface area contributed by atoms with Crippen LogP contribution in [0.5, 0.6) is 0 Å². The highest BCUT2D eigenvalue weighted by Crippen LogP contribution is 2.21. The zero-order valence-corrected chi connectivity index (χ0v) is 12.5. The van der Waals surface area contributed by atoms with Gasteiger partial charge in [0, 0.05) is 36.5 Å². The van der Waals surface area contributed by atoms with Crippen LogP contribution in [0.2, 0.25) is 5.02 Å². The van der Waals surface area contributed by atoms with E-state index in [-0.39, 0.29) is 0 Å². The Bertz CT molecular complexity index is 416. The normalized spacial score (nSPS) is 10.4. The Balaban J connectivity index is 2.36. The predicted octanol–water partition coefficient (Wildman–Crippen LogP) is 2.44. The van der Waals surface area contributed by atoms with Crippen LogP contribution in [0.1, 0.15) is 12.0 Å². The lowest BCUT2D eigenvalue weighted by Crippen LogP contribution is -2.14. The summed E-state index contributed by atoms with van der Waals surface area (Å²) in [4.78, 5) is 0.357. The van der Waals surface area contributed by atoms with E-state index in [2.05, 4.69) is 5.32 Å². The van der Waals surface area contributed by atoms with Crippen LogP contribution >= 0.6 is 23.8 Å². The van der Waals surface area contributed by atoms with Crippen molar-refractivity contribution in [3.63, 3.8) is 0 Å². The number of anilines is 1. The summed E-state index contributed by atoms with van der Waals surface area (Å²) in [6.07, 6.45) is 0.882. The number of ether oxygens (including phenoxy) is 2. The first-order valence-electron chi connectivity index (χ1n) is 6.05. The number of rotatable bonds is 9. The van der Waals surface area contributed by atoms with Gasteiger partial charge in [-0.2, -0.15) is 0 Å². The van der Waals surface area contributed by atoms with Crippen molar-refractivity contribution in [1.29, 1.82) is 0 Å². The van der Waals surface area contributed by atoms with Crippen molar-refractivity contribution in [1.82, 2.24) is 0 Å². The minimum Gasteiger partial charge on any atom is -0.389 e. The van der Waals surface area contributed by atoms with Crippen molar-refractivity contribution in [3.05, 3.63) is 28.8 Å². The Morgan fingerprint density at radius 2 is 2.16 bits per heavy atom. The maximum atomic E-state index is 5.96. The minimum absolute atomic E-state index is 0.357. The molecule has 0 aromatic heterocycles. The summed E-state index contributed by atoms with van der Waals surface area (Å²) >= 11 is 11.0. The molecule has 19 heavy (non-hydrogen) atoms. The Morgan fingerprint density at radius 1 is 1.37 bits per heavy atom. The molecule has 0 bridgehead atoms. The van der Waals surface area contributed by atoms with E-state index in [1.54, 1.807) is 13.2 Å². The summed E-state index contributed by atoms with van der Waals surface area (Å²) in [6.45, 7) is 2.68. The number of hydrogen-bond donors (Lipinski definition) is 2. The second-order valence-electron chi connectivity index (χ2n) is 3.94. The lowest BCUT2D eigenvalue weighted by atomic mass is 10.1. The smallest absolute Gasteiger partial charge is 0.106 e. The molecule has 0 radical (unpaired) electrons. The molecule has 1 aromatic carbocycles. The first-order valence-corrected chi connectivity index (χ1v) is 6.83. The zero-order chi connectivity index (χ0) is 14.1. The topological polar surface area (TPSA) is 56.5 Å². The number of nitrogens with one attached hydrogen (secondary N) is 1. The van der Waals surface area contributed by atoms with Crippen LogP contribution in [-0.2, 0) is 9.47 Å². The number of methoxy groups -OCH3 is 1. The molecule has 0 fully saturated rings. The fourth-order valence-electron chi connectivity index (χ4n) is 1.52. The lowest BCUT2D eigenvalue weighted by molar-refractivity contribution is 0.0705. The van der Waals surface area contributed by atoms with Crippen LogP contribution in [0.25, 0.3) is 0 Å². The summed E-state index contributed by atoms with van der Waals surface area (Å²) in [5.41, 5.74) is 7.32. The first kappa shape index (κ1) is 16.2. The standard InChI is InChI=1S/C13H19ClN2O2S/c1-17-7-8-18-6-2-5-16-12-9-10(14)3-4-11(12)13(15)19/h3-4,9,16H,2,5-8H2,1H3,(H2,15,19). The van der Waals surface area contributed by atoms with Gasteiger partial charge in [0.05, 0.1) is 13.2 Å². The highest BCUT2D eigenvalue weighted by atomic mass is 35.5. The number of hydrogen-bond acceptors (Lipinski definition) is 4. The number of nitrogens with two attached hydrogens (primary N) is 1. The molecular weight excluding hydrogens is 284 g/mol. The summed E-state index contributed by atoms with van der Waals surface area (Å²) in [6, 6.07) is 5.42. The van der Waals surface area contributed by atoms with Crippen molar-refractivity contribution in [3.8, 4) is 0 Å². The fourth-order valence-corrected chi connectivity index (χ4v) is 1.87. The molecule has 0 aliphatic rings. The largest absolute Gasteiger partial charge is 0.389 e. The molecule has 0 saturated carbocycles. The van der Waals surface area contributed by atoms with Gasteiger partial charge < -0.3 is 20.5 Å². The van der Waals surface area contributed by atoms with Crippen LogP contribution < -0.4 is 11.1 Å². The van der Waals surface area contributed by atoms with Gasteiger partial charge in [-0.15, -0.1) is 0 Å². The van der Waals surface area contributed by atoms with Crippen LogP contribution in [0.3, 0.4) is 0 Å². The van der Waals surface area contributed by atoms with Gasteiger partial charge >= 0.3 is 0 Å². The number of thiocarbonyl (C=S) groups is 1. The second kappa shape index (κ2) is 9.09. The van der Waals surface area contributed by atoms with Gasteiger partial charge in [0.2, 0.25) is 0 Å². The van der Waals surface area contributed by atoms with E-state index in [1.807, 2.05) is 12.1 Å². The van der Waals surface area contributed by atoms with E-state index < -0.39 is 0 Å². The molecule has 0 atom stereocenters. The third kappa shape index (κ3) is 6.20. The van der Waals surface area contributed by atoms with Gasteiger partial charge in [0.1, 0.15) is 4.99 Å². The molecule has 6 heteroatoms. The Morgan fingerprint density at radius 3 is 2.84 bits per heavy atom. The zero-order valence-electron chi connectivity index (χ0n) is 10.9. The highest BCUT2D eigenvalue weighted by Gasteiger charge is 2.05. The predicted molar refractivity (Wildman–Crippen MR) is 83.1 cm³/mol. The van der Waals surface area contributed by atoms with E-state index >= 15 is 0 Å². The third-order valence-electron chi connectivity index (χ3n) is 2.46. The molecule has 0 amide bonds. The quantitative estimate of drug-likeness (QED) is 0.542. The lowest BCUT2D eigenvalue weighted by Gasteiger charge is -2.11.